The van der Waals surface area contributed by atoms with Gasteiger partial charge in [-0.05, 0) is 11.5 Å². The van der Waals surface area contributed by atoms with Gasteiger partial charge in [-0.2, -0.15) is 0 Å². The van der Waals surface area contributed by atoms with Crippen molar-refractivity contribution in [2.75, 3.05) is 18.4 Å². The van der Waals surface area contributed by atoms with Crippen LogP contribution in [0.5, 0.6) is 0 Å². The Labute approximate surface area is 124 Å². The summed E-state index contributed by atoms with van der Waals surface area (Å²) in [6.07, 6.45) is 2.38. The lowest BCUT2D eigenvalue weighted by molar-refractivity contribution is 0.319. The minimum Gasteiger partial charge on any atom is -0.350 e. The number of halogens is 1. The molecule has 3 rings (SSSR count). The number of benzene rings is 1. The SMILES string of the molecule is CC1CN(Cc2ccccc2)CC1Nc1ncc(F)cn1. The molecule has 0 amide bonds. The molecule has 1 aromatic heterocycles. The van der Waals surface area contributed by atoms with Crippen molar-refractivity contribution in [1.82, 2.24) is 14.9 Å². The molecule has 0 aliphatic carbocycles. The van der Waals surface area contributed by atoms with Gasteiger partial charge in [-0.25, -0.2) is 14.4 Å². The molecule has 5 heteroatoms. The van der Waals surface area contributed by atoms with Gasteiger partial charge in [0.15, 0.2) is 5.82 Å². The molecule has 1 N–H and O–H groups in total. The van der Waals surface area contributed by atoms with E-state index in [0.29, 0.717) is 17.9 Å². The van der Waals surface area contributed by atoms with Gasteiger partial charge < -0.3 is 5.32 Å². The van der Waals surface area contributed by atoms with Crippen LogP contribution in [0.25, 0.3) is 0 Å². The summed E-state index contributed by atoms with van der Waals surface area (Å²) in [4.78, 5) is 10.4. The van der Waals surface area contributed by atoms with Gasteiger partial charge in [0.05, 0.1) is 12.4 Å². The summed E-state index contributed by atoms with van der Waals surface area (Å²) in [5.74, 6) is 0.586. The van der Waals surface area contributed by atoms with Crippen molar-refractivity contribution in [3.8, 4) is 0 Å². The van der Waals surface area contributed by atoms with E-state index in [-0.39, 0.29) is 0 Å². The minimum absolute atomic E-state index is 0.291. The van der Waals surface area contributed by atoms with Crippen LogP contribution in [0, 0.1) is 11.7 Å². The van der Waals surface area contributed by atoms with Gasteiger partial charge in [0, 0.05) is 25.7 Å². The van der Waals surface area contributed by atoms with Crippen LogP contribution < -0.4 is 5.32 Å². The predicted molar refractivity (Wildman–Crippen MR) is 80.3 cm³/mol. The van der Waals surface area contributed by atoms with Gasteiger partial charge in [0.1, 0.15) is 0 Å². The molecule has 110 valence electrons. The Hall–Kier alpha value is -2.01. The van der Waals surface area contributed by atoms with Crippen molar-refractivity contribution >= 4 is 5.95 Å². The number of anilines is 1. The lowest BCUT2D eigenvalue weighted by Crippen LogP contribution is -2.28. The number of nitrogens with one attached hydrogen (secondary N) is 1. The molecule has 1 saturated heterocycles. The highest BCUT2D eigenvalue weighted by Crippen LogP contribution is 2.21. The van der Waals surface area contributed by atoms with E-state index in [0.717, 1.165) is 19.6 Å². The molecular formula is C16H19FN4. The minimum atomic E-state index is -0.411. The first-order valence-electron chi connectivity index (χ1n) is 7.21. The first-order valence-corrected chi connectivity index (χ1v) is 7.21. The summed E-state index contributed by atoms with van der Waals surface area (Å²) in [6.45, 7) is 5.14. The van der Waals surface area contributed by atoms with Crippen molar-refractivity contribution in [2.24, 2.45) is 5.92 Å². The van der Waals surface area contributed by atoms with Crippen molar-refractivity contribution in [2.45, 2.75) is 19.5 Å². The van der Waals surface area contributed by atoms with Gasteiger partial charge in [0.2, 0.25) is 5.95 Å². The Morgan fingerprint density at radius 3 is 2.62 bits per heavy atom. The summed E-state index contributed by atoms with van der Waals surface area (Å²) >= 11 is 0. The van der Waals surface area contributed by atoms with E-state index in [9.17, 15) is 4.39 Å². The van der Waals surface area contributed by atoms with Crippen LogP contribution in [-0.2, 0) is 6.54 Å². The fourth-order valence-corrected chi connectivity index (χ4v) is 2.78. The zero-order valence-electron chi connectivity index (χ0n) is 12.0. The van der Waals surface area contributed by atoms with E-state index >= 15 is 0 Å². The van der Waals surface area contributed by atoms with E-state index in [4.69, 9.17) is 0 Å². The monoisotopic (exact) mass is 286 g/mol. The summed E-state index contributed by atoms with van der Waals surface area (Å²) in [5.41, 5.74) is 1.32. The molecule has 2 atom stereocenters. The molecule has 1 aliphatic heterocycles. The normalized spacial score (nSPS) is 22.4. The first kappa shape index (κ1) is 13.9. The van der Waals surface area contributed by atoms with Crippen LogP contribution in [0.3, 0.4) is 0 Å². The van der Waals surface area contributed by atoms with Crippen LogP contribution in [0.1, 0.15) is 12.5 Å². The third-order valence-electron chi connectivity index (χ3n) is 3.87. The molecule has 0 saturated carbocycles. The van der Waals surface area contributed by atoms with Crippen LogP contribution in [0.4, 0.5) is 10.3 Å². The highest BCUT2D eigenvalue weighted by Gasteiger charge is 2.29. The lowest BCUT2D eigenvalue weighted by atomic mass is 10.1. The van der Waals surface area contributed by atoms with E-state index < -0.39 is 5.82 Å². The second kappa shape index (κ2) is 6.18. The quantitative estimate of drug-likeness (QED) is 0.938. The number of hydrogen-bond acceptors (Lipinski definition) is 4. The average molecular weight is 286 g/mol. The third kappa shape index (κ3) is 3.55. The number of rotatable bonds is 4. The molecule has 2 heterocycles. The molecule has 21 heavy (non-hydrogen) atoms. The maximum Gasteiger partial charge on any atom is 0.223 e. The van der Waals surface area contributed by atoms with E-state index in [1.807, 2.05) is 6.07 Å². The second-order valence-electron chi connectivity index (χ2n) is 5.63. The maximum absolute atomic E-state index is 12.8. The molecule has 2 aromatic rings. The van der Waals surface area contributed by atoms with Crippen molar-refractivity contribution in [3.05, 3.63) is 54.1 Å². The molecule has 1 aliphatic rings. The Morgan fingerprint density at radius 1 is 1.19 bits per heavy atom. The Balaban J connectivity index is 1.59. The van der Waals surface area contributed by atoms with Crippen molar-refractivity contribution in [3.63, 3.8) is 0 Å². The number of likely N-dealkylation sites (tertiary alicyclic amines) is 1. The van der Waals surface area contributed by atoms with Crippen molar-refractivity contribution < 1.29 is 4.39 Å². The highest BCUT2D eigenvalue weighted by atomic mass is 19.1. The standard InChI is InChI=1S/C16H19FN4/c1-12-9-21(10-13-5-3-2-4-6-13)11-15(12)20-16-18-7-14(17)8-19-16/h2-8,12,15H,9-11H2,1H3,(H,18,19,20). The largest absolute Gasteiger partial charge is 0.350 e. The summed E-state index contributed by atoms with van der Waals surface area (Å²) in [7, 11) is 0. The highest BCUT2D eigenvalue weighted by molar-refractivity contribution is 5.26. The summed E-state index contributed by atoms with van der Waals surface area (Å²) in [6, 6.07) is 10.8. The fourth-order valence-electron chi connectivity index (χ4n) is 2.78. The van der Waals surface area contributed by atoms with Crippen LogP contribution in [0.15, 0.2) is 42.7 Å². The zero-order chi connectivity index (χ0) is 14.7. The van der Waals surface area contributed by atoms with Gasteiger partial charge >= 0.3 is 0 Å². The molecule has 0 radical (unpaired) electrons. The first-order chi connectivity index (χ1) is 10.2. The molecule has 0 spiro atoms. The third-order valence-corrected chi connectivity index (χ3v) is 3.87. The number of nitrogens with zero attached hydrogens (tertiary/aromatic N) is 3. The molecule has 2 unspecified atom stereocenters. The van der Waals surface area contributed by atoms with Gasteiger partial charge in [-0.3, -0.25) is 4.90 Å². The predicted octanol–water partition coefficient (Wildman–Crippen LogP) is 2.55. The van der Waals surface area contributed by atoms with Gasteiger partial charge in [-0.1, -0.05) is 37.3 Å². The van der Waals surface area contributed by atoms with E-state index in [2.05, 4.69) is 51.4 Å². The van der Waals surface area contributed by atoms with Crippen LogP contribution in [-0.4, -0.2) is 34.0 Å². The zero-order valence-corrected chi connectivity index (χ0v) is 12.0. The Morgan fingerprint density at radius 2 is 1.90 bits per heavy atom. The molecule has 4 nitrogen and oxygen atoms in total. The topological polar surface area (TPSA) is 41.0 Å². The lowest BCUT2D eigenvalue weighted by Gasteiger charge is -2.17. The maximum atomic E-state index is 12.8. The Bertz CT molecular complexity index is 573. The average Bonchev–Trinajstić information content (AvgIpc) is 2.82. The smallest absolute Gasteiger partial charge is 0.223 e. The number of hydrogen-bond donors (Lipinski definition) is 1. The van der Waals surface area contributed by atoms with Crippen molar-refractivity contribution in [1.29, 1.82) is 0 Å². The van der Waals surface area contributed by atoms with E-state index in [1.165, 1.54) is 18.0 Å². The Kier molecular flexibility index (Phi) is 4.10. The number of aromatic nitrogens is 2. The van der Waals surface area contributed by atoms with Gasteiger partial charge in [0.25, 0.3) is 0 Å². The molecule has 1 aromatic carbocycles. The molecule has 0 bridgehead atoms. The summed E-state index contributed by atoms with van der Waals surface area (Å²) in [5, 5.41) is 3.30. The van der Waals surface area contributed by atoms with Gasteiger partial charge in [-0.15, -0.1) is 0 Å². The fraction of sp³-hybridized carbons (Fsp3) is 0.375. The van der Waals surface area contributed by atoms with E-state index in [1.54, 1.807) is 0 Å². The summed E-state index contributed by atoms with van der Waals surface area (Å²) < 4.78 is 12.8. The van der Waals surface area contributed by atoms with Crippen LogP contribution >= 0.6 is 0 Å². The molecular weight excluding hydrogens is 267 g/mol. The van der Waals surface area contributed by atoms with Crippen LogP contribution in [0.2, 0.25) is 0 Å². The second-order valence-corrected chi connectivity index (χ2v) is 5.63. The molecule has 1 fully saturated rings.